The first-order valence-electron chi connectivity index (χ1n) is 5.74. The summed E-state index contributed by atoms with van der Waals surface area (Å²) in [5.41, 5.74) is -0.510. The van der Waals surface area contributed by atoms with Gasteiger partial charge in [-0.15, -0.1) is 0 Å². The predicted octanol–water partition coefficient (Wildman–Crippen LogP) is 2.99. The molecule has 0 aliphatic carbocycles. The third-order valence-corrected chi connectivity index (χ3v) is 2.66. The summed E-state index contributed by atoms with van der Waals surface area (Å²) >= 11 is 3.10. The summed E-state index contributed by atoms with van der Waals surface area (Å²) in [6, 6.07) is 0.0213. The van der Waals surface area contributed by atoms with Gasteiger partial charge >= 0.3 is 6.09 Å². The van der Waals surface area contributed by atoms with E-state index >= 15 is 0 Å². The quantitative estimate of drug-likeness (QED) is 0.734. The largest absolute Gasteiger partial charge is 0.444 e. The molecule has 0 unspecified atom stereocenters. The van der Waals surface area contributed by atoms with Crippen molar-refractivity contribution in [2.24, 2.45) is 0 Å². The lowest BCUT2D eigenvalue weighted by Gasteiger charge is -2.29. The van der Waals surface area contributed by atoms with E-state index in [4.69, 9.17) is 4.74 Å². The van der Waals surface area contributed by atoms with E-state index in [1.165, 1.54) is 0 Å². The van der Waals surface area contributed by atoms with Gasteiger partial charge in [0.1, 0.15) is 11.4 Å². The van der Waals surface area contributed by atoms with E-state index in [2.05, 4.69) is 15.9 Å². The number of hydrogen-bond acceptors (Lipinski definition) is 3. The topological polar surface area (TPSA) is 46.6 Å². The number of hydrogen-bond donors (Lipinski definition) is 0. The van der Waals surface area contributed by atoms with Crippen molar-refractivity contribution < 1.29 is 14.3 Å². The average molecular weight is 308 g/mol. The number of nitrogens with zero attached hydrogens (tertiary/aromatic N) is 1. The van der Waals surface area contributed by atoms with Crippen molar-refractivity contribution in [3.05, 3.63) is 0 Å². The van der Waals surface area contributed by atoms with Crippen LogP contribution in [0.2, 0.25) is 0 Å². The molecule has 0 saturated heterocycles. The molecule has 0 bridgehead atoms. The second kappa shape index (κ2) is 6.99. The molecule has 0 rings (SSSR count). The van der Waals surface area contributed by atoms with Crippen LogP contribution in [0.4, 0.5) is 4.79 Å². The van der Waals surface area contributed by atoms with Crippen LogP contribution in [-0.4, -0.2) is 40.3 Å². The predicted molar refractivity (Wildman–Crippen MR) is 71.5 cm³/mol. The van der Waals surface area contributed by atoms with Gasteiger partial charge in [-0.25, -0.2) is 4.79 Å². The molecule has 1 amide bonds. The fraction of sp³-hybridized carbons (Fsp3) is 0.833. The van der Waals surface area contributed by atoms with Gasteiger partial charge in [-0.1, -0.05) is 15.9 Å². The molecule has 17 heavy (non-hydrogen) atoms. The number of amides is 1. The maximum absolute atomic E-state index is 11.9. The Labute approximate surface area is 112 Å². The number of halogens is 1. The number of carbonyl (C=O) groups is 2. The Bertz CT molecular complexity index is 271. The first-order chi connectivity index (χ1) is 7.67. The molecule has 0 atom stereocenters. The molecule has 0 saturated carbocycles. The van der Waals surface area contributed by atoms with Gasteiger partial charge in [0.15, 0.2) is 0 Å². The lowest BCUT2D eigenvalue weighted by Crippen LogP contribution is -2.42. The number of rotatable bonds is 5. The molecule has 4 nitrogen and oxygen atoms in total. The first-order valence-corrected chi connectivity index (χ1v) is 6.87. The minimum absolute atomic E-state index is 0.0213. The molecule has 0 aromatic carbocycles. The normalized spacial score (nSPS) is 11.5. The van der Waals surface area contributed by atoms with Crippen LogP contribution in [0.25, 0.3) is 0 Å². The smallest absolute Gasteiger partial charge is 0.410 e. The fourth-order valence-electron chi connectivity index (χ4n) is 1.19. The number of ketones is 1. The second-order valence-electron chi connectivity index (χ2n) is 5.19. The SMILES string of the molecule is CC(C)N(CCC(=O)CBr)C(=O)OC(C)(C)C. The Kier molecular flexibility index (Phi) is 6.75. The van der Waals surface area contributed by atoms with Crippen LogP contribution in [-0.2, 0) is 9.53 Å². The Morgan fingerprint density at radius 3 is 2.18 bits per heavy atom. The van der Waals surface area contributed by atoms with Crippen LogP contribution in [0.1, 0.15) is 41.0 Å². The molecule has 0 radical (unpaired) electrons. The summed E-state index contributed by atoms with van der Waals surface area (Å²) in [4.78, 5) is 24.7. The molecular formula is C12H22BrNO3. The minimum Gasteiger partial charge on any atom is -0.444 e. The van der Waals surface area contributed by atoms with Gasteiger partial charge in [0.05, 0.1) is 5.33 Å². The van der Waals surface area contributed by atoms with E-state index in [9.17, 15) is 9.59 Å². The third-order valence-electron chi connectivity index (χ3n) is 2.03. The summed E-state index contributed by atoms with van der Waals surface area (Å²) in [6.45, 7) is 9.69. The summed E-state index contributed by atoms with van der Waals surface area (Å²) in [5, 5.41) is 0.327. The Morgan fingerprint density at radius 1 is 1.29 bits per heavy atom. The van der Waals surface area contributed by atoms with Gasteiger partial charge in [-0.2, -0.15) is 0 Å². The molecule has 0 aromatic rings. The van der Waals surface area contributed by atoms with Gasteiger partial charge in [-0.05, 0) is 34.6 Å². The van der Waals surface area contributed by atoms with Gasteiger partial charge in [-0.3, -0.25) is 4.79 Å². The minimum atomic E-state index is -0.510. The van der Waals surface area contributed by atoms with Crippen molar-refractivity contribution in [1.29, 1.82) is 0 Å². The fourth-order valence-corrected chi connectivity index (χ4v) is 1.47. The van der Waals surface area contributed by atoms with Gasteiger partial charge in [0.25, 0.3) is 0 Å². The molecular weight excluding hydrogens is 286 g/mol. The number of ether oxygens (including phenoxy) is 1. The number of alkyl halides is 1. The van der Waals surface area contributed by atoms with E-state index in [1.54, 1.807) is 4.90 Å². The summed E-state index contributed by atoms with van der Waals surface area (Å²) in [6.07, 6.45) is -0.0160. The molecule has 0 aliphatic heterocycles. The van der Waals surface area contributed by atoms with Crippen molar-refractivity contribution in [2.75, 3.05) is 11.9 Å². The van der Waals surface area contributed by atoms with E-state index < -0.39 is 5.60 Å². The molecule has 0 spiro atoms. The van der Waals surface area contributed by atoms with Crippen LogP contribution >= 0.6 is 15.9 Å². The van der Waals surface area contributed by atoms with Crippen molar-refractivity contribution in [3.8, 4) is 0 Å². The summed E-state index contributed by atoms with van der Waals surface area (Å²) in [5.74, 6) is 0.0826. The van der Waals surface area contributed by atoms with E-state index in [-0.39, 0.29) is 17.9 Å². The zero-order chi connectivity index (χ0) is 13.6. The Hall–Kier alpha value is -0.580. The van der Waals surface area contributed by atoms with E-state index in [1.807, 2.05) is 34.6 Å². The maximum Gasteiger partial charge on any atom is 0.410 e. The Morgan fingerprint density at radius 2 is 1.82 bits per heavy atom. The molecule has 0 heterocycles. The second-order valence-corrected chi connectivity index (χ2v) is 5.75. The highest BCUT2D eigenvalue weighted by molar-refractivity contribution is 9.09. The van der Waals surface area contributed by atoms with Crippen LogP contribution in [0.3, 0.4) is 0 Å². The zero-order valence-corrected chi connectivity index (χ0v) is 12.8. The number of carbonyl (C=O) groups excluding carboxylic acids is 2. The third kappa shape index (κ3) is 7.36. The van der Waals surface area contributed by atoms with Crippen molar-refractivity contribution in [2.45, 2.75) is 52.7 Å². The zero-order valence-electron chi connectivity index (χ0n) is 11.2. The van der Waals surface area contributed by atoms with Crippen LogP contribution in [0.15, 0.2) is 0 Å². The first kappa shape index (κ1) is 16.4. The van der Waals surface area contributed by atoms with Crippen molar-refractivity contribution in [3.63, 3.8) is 0 Å². The van der Waals surface area contributed by atoms with Gasteiger partial charge in [0.2, 0.25) is 0 Å². The van der Waals surface area contributed by atoms with Crippen LogP contribution in [0, 0.1) is 0 Å². The highest BCUT2D eigenvalue weighted by Gasteiger charge is 2.24. The molecule has 0 N–H and O–H groups in total. The molecule has 5 heteroatoms. The average Bonchev–Trinajstić information content (AvgIpc) is 2.14. The van der Waals surface area contributed by atoms with Gasteiger partial charge in [0, 0.05) is 19.0 Å². The van der Waals surface area contributed by atoms with Crippen molar-refractivity contribution >= 4 is 27.8 Å². The molecule has 0 aliphatic rings. The van der Waals surface area contributed by atoms with E-state index in [0.29, 0.717) is 18.3 Å². The van der Waals surface area contributed by atoms with Crippen molar-refractivity contribution in [1.82, 2.24) is 4.90 Å². The van der Waals surface area contributed by atoms with Crippen LogP contribution in [0.5, 0.6) is 0 Å². The highest BCUT2D eigenvalue weighted by Crippen LogP contribution is 2.12. The highest BCUT2D eigenvalue weighted by atomic mass is 79.9. The van der Waals surface area contributed by atoms with Gasteiger partial charge < -0.3 is 9.64 Å². The maximum atomic E-state index is 11.9. The standard InChI is InChI=1S/C12H22BrNO3/c1-9(2)14(7-6-10(15)8-13)11(16)17-12(3,4)5/h9H,6-8H2,1-5H3. The summed E-state index contributed by atoms with van der Waals surface area (Å²) < 4.78 is 5.29. The molecule has 100 valence electrons. The molecule has 0 aromatic heterocycles. The lowest BCUT2D eigenvalue weighted by molar-refractivity contribution is -0.116. The number of Topliss-reactive ketones (excluding diaryl/α,β-unsaturated/α-hetero) is 1. The lowest BCUT2D eigenvalue weighted by atomic mass is 10.2. The van der Waals surface area contributed by atoms with Crippen LogP contribution < -0.4 is 0 Å². The van der Waals surface area contributed by atoms with E-state index in [0.717, 1.165) is 0 Å². The monoisotopic (exact) mass is 307 g/mol. The Balaban J connectivity index is 4.42. The summed E-state index contributed by atoms with van der Waals surface area (Å²) in [7, 11) is 0. The molecule has 0 fully saturated rings.